The maximum Gasteiger partial charge on any atom is 0.227 e. The van der Waals surface area contributed by atoms with Crippen LogP contribution in [0.4, 0.5) is 0 Å². The second kappa shape index (κ2) is 5.61. The zero-order valence-electron chi connectivity index (χ0n) is 10.7. The average Bonchev–Trinajstić information content (AvgIpc) is 3.04. The molecule has 1 aliphatic heterocycles. The van der Waals surface area contributed by atoms with Crippen molar-refractivity contribution in [2.24, 2.45) is 0 Å². The summed E-state index contributed by atoms with van der Waals surface area (Å²) in [6.45, 7) is 3.47. The van der Waals surface area contributed by atoms with Gasteiger partial charge in [-0.1, -0.05) is 6.92 Å². The summed E-state index contributed by atoms with van der Waals surface area (Å²) in [7, 11) is 0. The molecule has 0 N–H and O–H groups in total. The maximum atomic E-state index is 5.94. The van der Waals surface area contributed by atoms with Gasteiger partial charge in [0, 0.05) is 11.5 Å². The Labute approximate surface area is 120 Å². The zero-order valence-corrected chi connectivity index (χ0v) is 12.3. The molecule has 2 aromatic rings. The normalized spacial score (nSPS) is 19.2. The highest BCUT2D eigenvalue weighted by Gasteiger charge is 2.18. The minimum absolute atomic E-state index is 0.174. The quantitative estimate of drug-likeness (QED) is 0.811. The highest BCUT2D eigenvalue weighted by atomic mass is 35.5. The topological polar surface area (TPSA) is 44.2 Å². The van der Waals surface area contributed by atoms with Crippen LogP contribution in [0.5, 0.6) is 5.88 Å². The molecule has 0 spiro atoms. The van der Waals surface area contributed by atoms with Crippen molar-refractivity contribution in [3.8, 4) is 5.88 Å². The van der Waals surface area contributed by atoms with E-state index >= 15 is 0 Å². The number of rotatable bonds is 4. The fourth-order valence-electron chi connectivity index (χ4n) is 2.15. The van der Waals surface area contributed by atoms with Gasteiger partial charge < -0.3 is 9.47 Å². The van der Waals surface area contributed by atoms with Crippen LogP contribution in [0, 0.1) is 0 Å². The summed E-state index contributed by atoms with van der Waals surface area (Å²) < 4.78 is 11.3. The summed E-state index contributed by atoms with van der Waals surface area (Å²) in [5, 5.41) is 1.18. The number of ether oxygens (including phenoxy) is 2. The highest BCUT2D eigenvalue weighted by Crippen LogP contribution is 2.32. The molecule has 3 heterocycles. The van der Waals surface area contributed by atoms with Crippen molar-refractivity contribution in [2.45, 2.75) is 32.3 Å². The molecule has 0 amide bonds. The van der Waals surface area contributed by atoms with Crippen molar-refractivity contribution in [1.82, 2.24) is 9.97 Å². The fraction of sp³-hybridized carbons (Fsp3) is 0.538. The molecule has 0 aliphatic carbocycles. The Balaban J connectivity index is 1.85. The van der Waals surface area contributed by atoms with Gasteiger partial charge in [-0.3, -0.25) is 0 Å². The maximum absolute atomic E-state index is 5.94. The Hall–Kier alpha value is -0.910. The molecule has 19 heavy (non-hydrogen) atoms. The molecule has 0 radical (unpaired) electrons. The standard InChI is InChI=1S/C13H15ClN2O2S/c1-2-9-6-10-11(15-13(14)16-12(10)19-9)18-7-8-4-3-5-17-8/h6,8H,2-5,7H2,1H3. The molecule has 1 atom stereocenters. The summed E-state index contributed by atoms with van der Waals surface area (Å²) in [5.74, 6) is 0.571. The summed E-state index contributed by atoms with van der Waals surface area (Å²) in [6.07, 6.45) is 3.30. The van der Waals surface area contributed by atoms with Gasteiger partial charge in [-0.05, 0) is 36.9 Å². The lowest BCUT2D eigenvalue weighted by molar-refractivity contribution is 0.0669. The molecule has 1 saturated heterocycles. The number of fused-ring (bicyclic) bond motifs is 1. The SMILES string of the molecule is CCc1cc2c(OCC3CCCO3)nc(Cl)nc2s1. The second-order valence-electron chi connectivity index (χ2n) is 4.53. The van der Waals surface area contributed by atoms with E-state index in [2.05, 4.69) is 23.0 Å². The minimum Gasteiger partial charge on any atom is -0.474 e. The molecule has 102 valence electrons. The summed E-state index contributed by atoms with van der Waals surface area (Å²) in [4.78, 5) is 10.6. The van der Waals surface area contributed by atoms with Crippen LogP contribution in [0.15, 0.2) is 6.07 Å². The van der Waals surface area contributed by atoms with E-state index in [9.17, 15) is 0 Å². The van der Waals surface area contributed by atoms with Crippen molar-refractivity contribution in [3.63, 3.8) is 0 Å². The van der Waals surface area contributed by atoms with Gasteiger partial charge in [-0.2, -0.15) is 4.98 Å². The summed E-state index contributed by atoms with van der Waals surface area (Å²) >= 11 is 7.58. The third kappa shape index (κ3) is 2.83. The lowest BCUT2D eigenvalue weighted by atomic mass is 10.2. The van der Waals surface area contributed by atoms with E-state index in [-0.39, 0.29) is 11.4 Å². The lowest BCUT2D eigenvalue weighted by Gasteiger charge is -2.11. The van der Waals surface area contributed by atoms with Crippen LogP contribution in [-0.2, 0) is 11.2 Å². The molecule has 0 aromatic carbocycles. The molecule has 0 saturated carbocycles. The number of aryl methyl sites for hydroxylation is 1. The van der Waals surface area contributed by atoms with Gasteiger partial charge in [0.2, 0.25) is 11.2 Å². The predicted octanol–water partition coefficient (Wildman–Crippen LogP) is 3.46. The van der Waals surface area contributed by atoms with Crippen LogP contribution in [0.2, 0.25) is 5.28 Å². The Morgan fingerprint density at radius 2 is 2.42 bits per heavy atom. The van der Waals surface area contributed by atoms with Crippen molar-refractivity contribution >= 4 is 33.2 Å². The molecule has 1 unspecified atom stereocenters. The fourth-order valence-corrected chi connectivity index (χ4v) is 3.32. The van der Waals surface area contributed by atoms with Crippen molar-refractivity contribution in [1.29, 1.82) is 0 Å². The van der Waals surface area contributed by atoms with Gasteiger partial charge in [0.05, 0.1) is 11.5 Å². The largest absolute Gasteiger partial charge is 0.474 e. The molecular formula is C13H15ClN2O2S. The van der Waals surface area contributed by atoms with Crippen molar-refractivity contribution in [3.05, 3.63) is 16.2 Å². The molecule has 1 aliphatic rings. The Kier molecular flexibility index (Phi) is 3.86. The molecule has 2 aromatic heterocycles. The van der Waals surface area contributed by atoms with Crippen LogP contribution in [-0.4, -0.2) is 29.3 Å². The van der Waals surface area contributed by atoms with Gasteiger partial charge >= 0.3 is 0 Å². The third-order valence-electron chi connectivity index (χ3n) is 3.16. The smallest absolute Gasteiger partial charge is 0.227 e. The predicted molar refractivity (Wildman–Crippen MR) is 76.3 cm³/mol. The van der Waals surface area contributed by atoms with Gasteiger partial charge in [0.1, 0.15) is 11.4 Å². The van der Waals surface area contributed by atoms with Crippen LogP contribution < -0.4 is 4.74 Å². The van der Waals surface area contributed by atoms with Crippen LogP contribution in [0.3, 0.4) is 0 Å². The molecule has 1 fully saturated rings. The Morgan fingerprint density at radius 1 is 1.53 bits per heavy atom. The first-order valence-electron chi connectivity index (χ1n) is 6.46. The Bertz CT molecular complexity index is 581. The first kappa shape index (κ1) is 13.1. The van der Waals surface area contributed by atoms with Gasteiger partial charge in [0.25, 0.3) is 0 Å². The van der Waals surface area contributed by atoms with Gasteiger partial charge in [-0.15, -0.1) is 11.3 Å². The van der Waals surface area contributed by atoms with E-state index in [1.54, 1.807) is 11.3 Å². The molecule has 4 nitrogen and oxygen atoms in total. The Morgan fingerprint density at radius 3 is 3.16 bits per heavy atom. The molecular weight excluding hydrogens is 284 g/mol. The number of aromatic nitrogens is 2. The van der Waals surface area contributed by atoms with Crippen molar-refractivity contribution in [2.75, 3.05) is 13.2 Å². The number of thiophene rings is 1. The minimum atomic E-state index is 0.174. The van der Waals surface area contributed by atoms with E-state index in [1.165, 1.54) is 4.88 Å². The number of hydrogen-bond acceptors (Lipinski definition) is 5. The van der Waals surface area contributed by atoms with Gasteiger partial charge in [0.15, 0.2) is 0 Å². The van der Waals surface area contributed by atoms with Crippen LogP contribution in [0.25, 0.3) is 10.2 Å². The first-order valence-corrected chi connectivity index (χ1v) is 7.66. The number of halogens is 1. The van der Waals surface area contributed by atoms with E-state index < -0.39 is 0 Å². The highest BCUT2D eigenvalue weighted by molar-refractivity contribution is 7.18. The second-order valence-corrected chi connectivity index (χ2v) is 5.98. The molecule has 6 heteroatoms. The summed E-state index contributed by atoms with van der Waals surface area (Å²) in [6, 6.07) is 2.08. The van der Waals surface area contributed by atoms with E-state index in [0.717, 1.165) is 36.1 Å². The van der Waals surface area contributed by atoms with E-state index in [4.69, 9.17) is 21.1 Å². The van der Waals surface area contributed by atoms with E-state index in [1.807, 2.05) is 0 Å². The number of hydrogen-bond donors (Lipinski definition) is 0. The van der Waals surface area contributed by atoms with Crippen molar-refractivity contribution < 1.29 is 9.47 Å². The van der Waals surface area contributed by atoms with E-state index in [0.29, 0.717) is 12.5 Å². The van der Waals surface area contributed by atoms with Crippen LogP contribution >= 0.6 is 22.9 Å². The third-order valence-corrected chi connectivity index (χ3v) is 4.50. The first-order chi connectivity index (χ1) is 9.26. The van der Waals surface area contributed by atoms with Crippen LogP contribution in [0.1, 0.15) is 24.6 Å². The zero-order chi connectivity index (χ0) is 13.2. The monoisotopic (exact) mass is 298 g/mol. The summed E-state index contributed by atoms with van der Waals surface area (Å²) in [5.41, 5.74) is 0. The number of nitrogens with zero attached hydrogens (tertiary/aromatic N) is 2. The molecule has 0 bridgehead atoms. The van der Waals surface area contributed by atoms with Gasteiger partial charge in [-0.25, -0.2) is 4.98 Å². The average molecular weight is 299 g/mol. The lowest BCUT2D eigenvalue weighted by Crippen LogP contribution is -2.16. The molecule has 3 rings (SSSR count).